The van der Waals surface area contributed by atoms with E-state index in [1.165, 1.54) is 4.57 Å². The van der Waals surface area contributed by atoms with Crippen molar-refractivity contribution in [2.75, 3.05) is 12.3 Å². The topological polar surface area (TPSA) is 88.1 Å². The highest BCUT2D eigenvalue weighted by atomic mass is 32.2. The van der Waals surface area contributed by atoms with Crippen LogP contribution in [0.1, 0.15) is 24.4 Å². The van der Waals surface area contributed by atoms with Crippen molar-refractivity contribution in [2.45, 2.75) is 24.3 Å². The third-order valence-corrected chi connectivity index (χ3v) is 8.48. The van der Waals surface area contributed by atoms with E-state index in [0.717, 1.165) is 16.5 Å². The van der Waals surface area contributed by atoms with Gasteiger partial charge in [-0.3, -0.25) is 18.4 Å². The molecule has 2 aromatic heterocycles. The van der Waals surface area contributed by atoms with Crippen LogP contribution in [0.25, 0.3) is 21.8 Å². The molecule has 0 unspecified atom stereocenters. The highest BCUT2D eigenvalue weighted by molar-refractivity contribution is 7.86. The van der Waals surface area contributed by atoms with Crippen LogP contribution in [0.5, 0.6) is 0 Å². The second kappa shape index (κ2) is 6.37. The zero-order valence-corrected chi connectivity index (χ0v) is 17.7. The number of amides is 1. The van der Waals surface area contributed by atoms with Gasteiger partial charge in [0.05, 0.1) is 21.7 Å². The highest BCUT2D eigenvalue weighted by Gasteiger charge is 2.56. The van der Waals surface area contributed by atoms with Crippen molar-refractivity contribution >= 4 is 38.5 Å². The quantitative estimate of drug-likeness (QED) is 0.527. The predicted molar refractivity (Wildman–Crippen MR) is 119 cm³/mol. The SMILES string of the molecule is C[C@]12c3nc4ccccc4c(=O)n3[C@H](Cc3c[nH]c4ccccc34)C(=O)N1CC[S@@]2=O. The molecule has 156 valence electrons. The smallest absolute Gasteiger partial charge is 0.262 e. The van der Waals surface area contributed by atoms with E-state index >= 15 is 0 Å². The van der Waals surface area contributed by atoms with Crippen molar-refractivity contribution in [3.8, 4) is 0 Å². The summed E-state index contributed by atoms with van der Waals surface area (Å²) < 4.78 is 14.5. The van der Waals surface area contributed by atoms with Gasteiger partial charge in [0.2, 0.25) is 5.91 Å². The first-order valence-corrected chi connectivity index (χ1v) is 11.6. The number of fused-ring (bicyclic) bond motifs is 5. The van der Waals surface area contributed by atoms with Crippen molar-refractivity contribution in [3.63, 3.8) is 0 Å². The van der Waals surface area contributed by atoms with Crippen LogP contribution >= 0.6 is 0 Å². The lowest BCUT2D eigenvalue weighted by Gasteiger charge is -2.42. The van der Waals surface area contributed by atoms with E-state index in [4.69, 9.17) is 4.98 Å². The van der Waals surface area contributed by atoms with Crippen molar-refractivity contribution in [3.05, 3.63) is 76.5 Å². The molecule has 0 saturated carbocycles. The lowest BCUT2D eigenvalue weighted by molar-refractivity contribution is -0.140. The number of nitrogens with zero attached hydrogens (tertiary/aromatic N) is 3. The number of carbonyl (C=O) groups excluding carboxylic acids is 1. The minimum Gasteiger partial charge on any atom is -0.361 e. The molecule has 4 aromatic rings. The summed E-state index contributed by atoms with van der Waals surface area (Å²) in [5.74, 6) is 0.617. The normalized spacial score (nSPS) is 25.2. The van der Waals surface area contributed by atoms with Crippen LogP contribution in [0.3, 0.4) is 0 Å². The first kappa shape index (κ1) is 18.5. The van der Waals surface area contributed by atoms with Gasteiger partial charge in [-0.1, -0.05) is 30.3 Å². The fourth-order valence-corrected chi connectivity index (χ4v) is 6.51. The number of aromatic nitrogens is 3. The fraction of sp³-hybridized carbons (Fsp3) is 0.261. The Bertz CT molecular complexity index is 1470. The Labute approximate surface area is 180 Å². The third kappa shape index (κ3) is 2.39. The fourth-order valence-electron chi connectivity index (χ4n) is 4.99. The number of H-pyrrole nitrogens is 1. The zero-order chi connectivity index (χ0) is 21.3. The maximum Gasteiger partial charge on any atom is 0.262 e. The van der Waals surface area contributed by atoms with Crippen molar-refractivity contribution in [1.29, 1.82) is 0 Å². The standard InChI is InChI=1S/C23H20N4O3S/c1-23-22-25-18-9-5-3-7-16(18)20(28)27(22)19(21(29)26(23)10-11-31(23)30)12-14-13-24-17-8-4-2-6-15(14)17/h2-9,13,19,24H,10-12H2,1H3/t19-,23+,31+/m1/s1. The van der Waals surface area contributed by atoms with Gasteiger partial charge >= 0.3 is 0 Å². The van der Waals surface area contributed by atoms with E-state index in [1.54, 1.807) is 30.0 Å². The molecule has 2 aliphatic heterocycles. The maximum atomic E-state index is 13.7. The van der Waals surface area contributed by atoms with Crippen LogP contribution in [0, 0.1) is 0 Å². The number of para-hydroxylation sites is 2. The second-order valence-corrected chi connectivity index (χ2v) is 10.1. The summed E-state index contributed by atoms with van der Waals surface area (Å²) in [6.45, 7) is 2.16. The molecule has 0 bridgehead atoms. The van der Waals surface area contributed by atoms with Gasteiger partial charge in [-0.2, -0.15) is 0 Å². The van der Waals surface area contributed by atoms with E-state index in [1.807, 2.05) is 36.5 Å². The minimum atomic E-state index is -1.34. The van der Waals surface area contributed by atoms with Gasteiger partial charge < -0.3 is 9.88 Å². The number of nitrogens with one attached hydrogen (secondary N) is 1. The van der Waals surface area contributed by atoms with Gasteiger partial charge in [0.15, 0.2) is 10.7 Å². The molecule has 1 fully saturated rings. The average molecular weight is 433 g/mol. The Kier molecular flexibility index (Phi) is 3.80. The molecule has 1 amide bonds. The van der Waals surface area contributed by atoms with Gasteiger partial charge in [0, 0.05) is 35.8 Å². The Balaban J connectivity index is 1.62. The molecule has 1 saturated heterocycles. The first-order chi connectivity index (χ1) is 15.0. The third-order valence-electron chi connectivity index (χ3n) is 6.63. The average Bonchev–Trinajstić information content (AvgIpc) is 3.33. The molecule has 0 aliphatic carbocycles. The van der Waals surface area contributed by atoms with E-state index in [-0.39, 0.29) is 11.5 Å². The molecule has 31 heavy (non-hydrogen) atoms. The Morgan fingerprint density at radius 2 is 1.87 bits per heavy atom. The van der Waals surface area contributed by atoms with Gasteiger partial charge in [-0.05, 0) is 30.7 Å². The summed E-state index contributed by atoms with van der Waals surface area (Å²) in [4.78, 5) is 35.9. The lowest BCUT2D eigenvalue weighted by atomic mass is 9.99. The number of hydrogen-bond acceptors (Lipinski definition) is 4. The zero-order valence-electron chi connectivity index (χ0n) is 16.9. The van der Waals surface area contributed by atoms with E-state index < -0.39 is 21.7 Å². The summed E-state index contributed by atoms with van der Waals surface area (Å²) >= 11 is 0. The molecule has 0 spiro atoms. The summed E-state index contributed by atoms with van der Waals surface area (Å²) in [5, 5.41) is 1.49. The van der Waals surface area contributed by atoms with Crippen LogP contribution in [-0.2, 0) is 26.9 Å². The summed E-state index contributed by atoms with van der Waals surface area (Å²) in [7, 11) is -1.34. The number of aromatic amines is 1. The molecule has 3 atom stereocenters. The van der Waals surface area contributed by atoms with Crippen molar-refractivity contribution < 1.29 is 9.00 Å². The molecule has 6 rings (SSSR count). The second-order valence-electron chi connectivity index (χ2n) is 8.23. The van der Waals surface area contributed by atoms with Crippen LogP contribution in [0.4, 0.5) is 0 Å². The Morgan fingerprint density at radius 1 is 1.13 bits per heavy atom. The largest absolute Gasteiger partial charge is 0.361 e. The van der Waals surface area contributed by atoms with Crippen LogP contribution in [-0.4, -0.2) is 41.8 Å². The van der Waals surface area contributed by atoms with Gasteiger partial charge in [0.25, 0.3) is 5.56 Å². The molecule has 8 heteroatoms. The minimum absolute atomic E-state index is 0.176. The molecule has 7 nitrogen and oxygen atoms in total. The molecular weight excluding hydrogens is 412 g/mol. The van der Waals surface area contributed by atoms with Crippen LogP contribution < -0.4 is 5.56 Å². The van der Waals surface area contributed by atoms with Crippen molar-refractivity contribution in [1.82, 2.24) is 19.4 Å². The van der Waals surface area contributed by atoms with E-state index in [0.29, 0.717) is 35.4 Å². The molecule has 0 radical (unpaired) electrons. The maximum absolute atomic E-state index is 13.7. The Morgan fingerprint density at radius 3 is 2.71 bits per heavy atom. The molecule has 1 N–H and O–H groups in total. The van der Waals surface area contributed by atoms with Gasteiger partial charge in [-0.25, -0.2) is 4.98 Å². The molecule has 2 aliphatic rings. The Hall–Kier alpha value is -3.26. The first-order valence-electron chi connectivity index (χ1n) is 10.3. The molecule has 4 heterocycles. The van der Waals surface area contributed by atoms with Crippen molar-refractivity contribution in [2.24, 2.45) is 0 Å². The number of benzene rings is 2. The van der Waals surface area contributed by atoms with E-state index in [9.17, 15) is 13.8 Å². The molecular formula is C23H20N4O3S. The molecule has 2 aromatic carbocycles. The predicted octanol–water partition coefficient (Wildman–Crippen LogP) is 2.44. The number of hydrogen-bond donors (Lipinski definition) is 1. The summed E-state index contributed by atoms with van der Waals surface area (Å²) in [6.07, 6.45) is 2.25. The van der Waals surface area contributed by atoms with Gasteiger partial charge in [-0.15, -0.1) is 0 Å². The highest BCUT2D eigenvalue weighted by Crippen LogP contribution is 2.42. The summed E-state index contributed by atoms with van der Waals surface area (Å²) in [6, 6.07) is 14.3. The van der Waals surface area contributed by atoms with Gasteiger partial charge in [0.1, 0.15) is 6.04 Å². The summed E-state index contributed by atoms with van der Waals surface area (Å²) in [5.41, 5.74) is 2.24. The van der Waals surface area contributed by atoms with Crippen LogP contribution in [0.2, 0.25) is 0 Å². The monoisotopic (exact) mass is 432 g/mol. The van der Waals surface area contributed by atoms with E-state index in [2.05, 4.69) is 4.98 Å². The number of rotatable bonds is 2. The number of carbonyl (C=O) groups is 1. The van der Waals surface area contributed by atoms with Crippen LogP contribution in [0.15, 0.2) is 59.5 Å². The lowest BCUT2D eigenvalue weighted by Crippen LogP contribution is -2.57.